The molecule has 3 aromatic carbocycles. The third-order valence-electron chi connectivity index (χ3n) is 8.95. The van der Waals surface area contributed by atoms with E-state index in [0.717, 1.165) is 65.9 Å². The molecule has 8 nitrogen and oxygen atoms in total. The summed E-state index contributed by atoms with van der Waals surface area (Å²) in [7, 11) is 0. The number of hydrogen-bond acceptors (Lipinski definition) is 7. The first kappa shape index (κ1) is 29.9. The molecule has 228 valence electrons. The van der Waals surface area contributed by atoms with E-state index in [0.29, 0.717) is 19.8 Å². The molecule has 2 N–H and O–H groups in total. The molecule has 3 heterocycles. The van der Waals surface area contributed by atoms with Gasteiger partial charge in [-0.3, -0.25) is 4.79 Å². The van der Waals surface area contributed by atoms with Gasteiger partial charge in [0.25, 0.3) is 0 Å². The summed E-state index contributed by atoms with van der Waals surface area (Å²) in [5.41, 5.74) is 6.09. The van der Waals surface area contributed by atoms with Crippen LogP contribution in [0.25, 0.3) is 11.1 Å². The zero-order chi connectivity index (χ0) is 29.8. The maximum Gasteiger partial charge on any atom is 0.217 e. The van der Waals surface area contributed by atoms with Crippen LogP contribution >= 0.6 is 0 Å². The van der Waals surface area contributed by atoms with Crippen molar-refractivity contribution in [2.45, 2.75) is 64.1 Å². The average molecular weight is 587 g/mol. The number of likely N-dealkylation sites (tertiary alicyclic amines) is 1. The molecular weight excluding hydrogens is 544 g/mol. The number of aliphatic hydroxyl groups excluding tert-OH is 1. The van der Waals surface area contributed by atoms with Crippen LogP contribution in [0.1, 0.15) is 61.3 Å². The van der Waals surface area contributed by atoms with E-state index in [-0.39, 0.29) is 30.6 Å². The third kappa shape index (κ3) is 7.01. The van der Waals surface area contributed by atoms with Crippen molar-refractivity contribution in [1.29, 1.82) is 0 Å². The van der Waals surface area contributed by atoms with Crippen LogP contribution in [-0.2, 0) is 36.9 Å². The minimum absolute atomic E-state index is 0.0123. The number of nitrogens with one attached hydrogen (secondary N) is 1. The monoisotopic (exact) mass is 586 g/mol. The molecule has 8 heteroatoms. The molecule has 0 bridgehead atoms. The normalized spacial score (nSPS) is 25.6. The molecule has 3 fully saturated rings. The van der Waals surface area contributed by atoms with Crippen molar-refractivity contribution in [3.63, 3.8) is 0 Å². The van der Waals surface area contributed by atoms with E-state index in [1.165, 1.54) is 6.92 Å². The van der Waals surface area contributed by atoms with Crippen molar-refractivity contribution in [2.24, 2.45) is 5.92 Å². The molecule has 0 saturated carbocycles. The van der Waals surface area contributed by atoms with E-state index >= 15 is 0 Å². The van der Waals surface area contributed by atoms with Gasteiger partial charge in [0.15, 0.2) is 12.1 Å². The first-order valence-corrected chi connectivity index (χ1v) is 15.4. The van der Waals surface area contributed by atoms with Crippen LogP contribution in [0.3, 0.4) is 0 Å². The number of hydrogen-bond donors (Lipinski definition) is 2. The van der Waals surface area contributed by atoms with Crippen molar-refractivity contribution in [1.82, 2.24) is 10.2 Å². The molecule has 4 atom stereocenters. The van der Waals surface area contributed by atoms with Crippen LogP contribution < -0.4 is 5.32 Å². The van der Waals surface area contributed by atoms with Gasteiger partial charge in [-0.15, -0.1) is 0 Å². The molecule has 3 saturated heterocycles. The van der Waals surface area contributed by atoms with Gasteiger partial charge in [0.05, 0.1) is 32.0 Å². The second-order valence-corrected chi connectivity index (χ2v) is 12.0. The summed E-state index contributed by atoms with van der Waals surface area (Å²) in [5, 5.41) is 12.5. The van der Waals surface area contributed by atoms with Gasteiger partial charge in [-0.05, 0) is 39.9 Å². The first-order valence-electron chi connectivity index (χ1n) is 15.4. The maximum atomic E-state index is 11.4. The van der Waals surface area contributed by atoms with E-state index < -0.39 is 12.1 Å². The lowest BCUT2D eigenvalue weighted by Crippen LogP contribution is -2.50. The smallest absolute Gasteiger partial charge is 0.217 e. The number of carbonyl (C=O) groups excluding carboxylic acids is 1. The number of nitrogens with zero attached hydrogens (tertiary/aromatic N) is 1. The summed E-state index contributed by atoms with van der Waals surface area (Å²) in [6.45, 7) is 8.19. The fraction of sp³-hybridized carbons (Fsp3) is 0.457. The molecule has 1 amide bonds. The SMILES string of the molecule is CC(=O)NCc1cccc(-c2cccc(C3OC(CN4CCC5(CC4)OCCO5)C(C)C(c4ccc(CO)cc4)O3)c2)c1. The van der Waals surface area contributed by atoms with E-state index in [1.54, 1.807) is 0 Å². The highest BCUT2D eigenvalue weighted by Gasteiger charge is 2.43. The Balaban J connectivity index is 1.23. The van der Waals surface area contributed by atoms with Gasteiger partial charge in [-0.2, -0.15) is 0 Å². The molecular formula is C35H42N2O6. The van der Waals surface area contributed by atoms with Crippen LogP contribution in [0.4, 0.5) is 0 Å². The van der Waals surface area contributed by atoms with Crippen molar-refractivity contribution in [3.05, 3.63) is 95.1 Å². The fourth-order valence-electron chi connectivity index (χ4n) is 6.40. The number of ether oxygens (including phenoxy) is 4. The Morgan fingerprint density at radius 1 is 0.907 bits per heavy atom. The van der Waals surface area contributed by atoms with Crippen molar-refractivity contribution in [3.8, 4) is 11.1 Å². The molecule has 0 radical (unpaired) electrons. The molecule has 3 aliphatic rings. The Morgan fingerprint density at radius 3 is 2.30 bits per heavy atom. The molecule has 0 aliphatic carbocycles. The van der Waals surface area contributed by atoms with Gasteiger partial charge in [0.2, 0.25) is 5.91 Å². The molecule has 3 aromatic rings. The number of benzene rings is 3. The van der Waals surface area contributed by atoms with Crippen LogP contribution in [0, 0.1) is 5.92 Å². The van der Waals surface area contributed by atoms with Gasteiger partial charge in [0, 0.05) is 57.4 Å². The number of rotatable bonds is 8. The van der Waals surface area contributed by atoms with Crippen molar-refractivity contribution >= 4 is 5.91 Å². The number of aliphatic hydroxyl groups is 1. The Kier molecular flexibility index (Phi) is 9.23. The highest BCUT2D eigenvalue weighted by molar-refractivity contribution is 5.73. The van der Waals surface area contributed by atoms with Gasteiger partial charge >= 0.3 is 0 Å². The topological polar surface area (TPSA) is 89.5 Å². The number of amides is 1. The molecule has 43 heavy (non-hydrogen) atoms. The molecule has 3 aliphatic heterocycles. The number of carbonyl (C=O) groups is 1. The van der Waals surface area contributed by atoms with E-state index in [2.05, 4.69) is 59.6 Å². The summed E-state index contributed by atoms with van der Waals surface area (Å²) in [6.07, 6.45) is 0.972. The largest absolute Gasteiger partial charge is 0.392 e. The zero-order valence-corrected chi connectivity index (χ0v) is 25.0. The summed E-state index contributed by atoms with van der Waals surface area (Å²) >= 11 is 0. The Labute approximate surface area is 253 Å². The van der Waals surface area contributed by atoms with Crippen LogP contribution in [-0.4, -0.2) is 60.7 Å². The lowest BCUT2D eigenvalue weighted by Gasteiger charge is -2.44. The minimum Gasteiger partial charge on any atom is -0.392 e. The molecule has 4 unspecified atom stereocenters. The second-order valence-electron chi connectivity index (χ2n) is 12.0. The zero-order valence-electron chi connectivity index (χ0n) is 25.0. The van der Waals surface area contributed by atoms with Crippen LogP contribution in [0.15, 0.2) is 72.8 Å². The summed E-state index contributed by atoms with van der Waals surface area (Å²) in [5.74, 6) is -0.342. The van der Waals surface area contributed by atoms with Gasteiger partial charge in [0.1, 0.15) is 0 Å². The molecule has 1 spiro atoms. The molecule has 6 rings (SSSR count). The summed E-state index contributed by atoms with van der Waals surface area (Å²) < 4.78 is 25.4. The lowest BCUT2D eigenvalue weighted by molar-refractivity contribution is -0.278. The summed E-state index contributed by atoms with van der Waals surface area (Å²) in [6, 6.07) is 24.6. The van der Waals surface area contributed by atoms with Crippen molar-refractivity contribution in [2.75, 3.05) is 32.8 Å². The quantitative estimate of drug-likeness (QED) is 0.379. The van der Waals surface area contributed by atoms with Crippen LogP contribution in [0.2, 0.25) is 0 Å². The Bertz CT molecular complexity index is 1380. The number of piperidine rings is 1. The van der Waals surface area contributed by atoms with Crippen LogP contribution in [0.5, 0.6) is 0 Å². The summed E-state index contributed by atoms with van der Waals surface area (Å²) in [4.78, 5) is 13.9. The Morgan fingerprint density at radius 2 is 1.60 bits per heavy atom. The highest BCUT2D eigenvalue weighted by Crippen LogP contribution is 2.43. The van der Waals surface area contributed by atoms with Crippen molar-refractivity contribution < 1.29 is 28.8 Å². The van der Waals surface area contributed by atoms with E-state index in [1.807, 2.05) is 30.3 Å². The minimum atomic E-state index is -0.538. The second kappa shape index (κ2) is 13.3. The Hall–Kier alpha value is -3.11. The predicted molar refractivity (Wildman–Crippen MR) is 163 cm³/mol. The van der Waals surface area contributed by atoms with Gasteiger partial charge in [-0.1, -0.05) is 67.6 Å². The standard InChI is InChI=1S/C35H42N2O6/c1-24-32(22-37-15-13-35(14-16-37)40-17-18-41-35)42-34(43-33(24)28-11-9-26(23-38)10-12-28)31-8-4-7-30(20-31)29-6-3-5-27(19-29)21-36-25(2)39/h3-12,19-20,24,32-34,38H,13-18,21-23H2,1-2H3,(H,36,39). The highest BCUT2D eigenvalue weighted by atomic mass is 16.7. The maximum absolute atomic E-state index is 11.4. The molecule has 0 aromatic heterocycles. The lowest BCUT2D eigenvalue weighted by atomic mass is 9.89. The van der Waals surface area contributed by atoms with E-state index in [9.17, 15) is 9.90 Å². The third-order valence-corrected chi connectivity index (χ3v) is 8.95. The van der Waals surface area contributed by atoms with Gasteiger partial charge in [-0.25, -0.2) is 0 Å². The fourth-order valence-corrected chi connectivity index (χ4v) is 6.40. The average Bonchev–Trinajstić information content (AvgIpc) is 3.50. The predicted octanol–water partition coefficient (Wildman–Crippen LogP) is 5.11. The van der Waals surface area contributed by atoms with E-state index in [4.69, 9.17) is 18.9 Å². The first-order chi connectivity index (χ1) is 20.9. The van der Waals surface area contributed by atoms with Gasteiger partial charge < -0.3 is 34.3 Å².